The molecule has 2 aliphatic rings. The predicted molar refractivity (Wildman–Crippen MR) is 51.5 cm³/mol. The average molecular weight is 476 g/mol. The highest BCUT2D eigenvalue weighted by Crippen LogP contribution is 2.77. The van der Waals surface area contributed by atoms with E-state index in [1.165, 1.54) is 0 Å². The zero-order chi connectivity index (χ0) is 23.7. The Labute approximate surface area is 145 Å². The molecule has 0 aromatic heterocycles. The van der Waals surface area contributed by atoms with Crippen LogP contribution in [0.5, 0.6) is 0 Å². The Morgan fingerprint density at radius 2 is 0.621 bits per heavy atom. The minimum absolute atomic E-state index is 6.32. The molecule has 2 fully saturated rings. The first-order chi connectivity index (χ1) is 12.2. The number of halogens is 18. The van der Waals surface area contributed by atoms with Gasteiger partial charge in [0.2, 0.25) is 0 Å². The summed E-state index contributed by atoms with van der Waals surface area (Å²) < 4.78 is 241. The third-order valence-corrected chi connectivity index (χ3v) is 4.85. The molecular weight excluding hydrogens is 474 g/mol. The Morgan fingerprint density at radius 3 is 0.897 bits per heavy atom. The summed E-state index contributed by atoms with van der Waals surface area (Å²) in [5, 5.41) is 0. The molecule has 2 aliphatic carbocycles. The summed E-state index contributed by atoms with van der Waals surface area (Å²) >= 11 is 0. The fraction of sp³-hybridized carbons (Fsp3) is 1.00. The Kier molecular flexibility index (Phi) is 4.25. The highest BCUT2D eigenvalue weighted by atomic mass is 19.4. The van der Waals surface area contributed by atoms with Crippen molar-refractivity contribution in [2.75, 3.05) is 0 Å². The van der Waals surface area contributed by atoms with Gasteiger partial charge < -0.3 is 0 Å². The van der Waals surface area contributed by atoms with Gasteiger partial charge >= 0.3 is 47.6 Å². The van der Waals surface area contributed by atoms with Gasteiger partial charge in [0.25, 0.3) is 5.67 Å². The molecule has 0 nitrogen and oxygen atoms in total. The monoisotopic (exact) mass is 476 g/mol. The van der Waals surface area contributed by atoms with Crippen molar-refractivity contribution in [1.82, 2.24) is 0 Å². The zero-order valence-corrected chi connectivity index (χ0v) is 12.5. The molecule has 0 bridgehead atoms. The van der Waals surface area contributed by atoms with Crippen LogP contribution >= 0.6 is 0 Å². The molecular formula is C11H2F18. The van der Waals surface area contributed by atoms with Crippen molar-refractivity contribution in [3.05, 3.63) is 0 Å². The Morgan fingerprint density at radius 1 is 0.379 bits per heavy atom. The summed E-state index contributed by atoms with van der Waals surface area (Å²) in [6.45, 7) is 0. The molecule has 0 amide bonds. The lowest BCUT2D eigenvalue weighted by Crippen LogP contribution is -2.88. The van der Waals surface area contributed by atoms with Gasteiger partial charge in [0.1, 0.15) is 5.92 Å². The van der Waals surface area contributed by atoms with Gasteiger partial charge in [-0.2, -0.15) is 74.6 Å². The molecule has 0 heterocycles. The van der Waals surface area contributed by atoms with Crippen LogP contribution in [0.3, 0.4) is 0 Å². The zero-order valence-electron chi connectivity index (χ0n) is 12.5. The molecule has 172 valence electrons. The maximum atomic E-state index is 14.2. The van der Waals surface area contributed by atoms with Crippen LogP contribution in [0.2, 0.25) is 0 Å². The van der Waals surface area contributed by atoms with Crippen LogP contribution in [-0.2, 0) is 0 Å². The molecule has 0 aromatic rings. The molecule has 0 aliphatic heterocycles. The lowest BCUT2D eigenvalue weighted by atomic mass is 9.54. The van der Waals surface area contributed by atoms with Crippen LogP contribution in [0, 0.1) is 11.8 Å². The number of rotatable bonds is 0. The highest BCUT2D eigenvalue weighted by Gasteiger charge is 3.04. The molecule has 3 unspecified atom stereocenters. The minimum atomic E-state index is -8.06. The molecule has 2 rings (SSSR count). The third kappa shape index (κ3) is 2.03. The lowest BCUT2D eigenvalue weighted by Gasteiger charge is -2.60. The summed E-state index contributed by atoms with van der Waals surface area (Å²) in [5.74, 6) is -67.4. The smallest absolute Gasteiger partial charge is 0.226 e. The molecule has 3 atom stereocenters. The highest BCUT2D eigenvalue weighted by molar-refractivity contribution is 5.31. The minimum Gasteiger partial charge on any atom is -0.226 e. The summed E-state index contributed by atoms with van der Waals surface area (Å²) in [6, 6.07) is 0. The van der Waals surface area contributed by atoms with Gasteiger partial charge in [-0.1, -0.05) is 0 Å². The van der Waals surface area contributed by atoms with Gasteiger partial charge in [0.05, 0.1) is 5.92 Å². The standard InChI is InChI=1S/C11H2F18/c12-3(11(27,28)29)1-2(5(15,16)8(21,22)7(3,19)20)6(17,18)10(25,26)9(23,24)4(1,13)14/h1-2H. The van der Waals surface area contributed by atoms with E-state index in [0.717, 1.165) is 0 Å². The normalized spacial score (nSPS) is 40.8. The topological polar surface area (TPSA) is 0 Å². The third-order valence-electron chi connectivity index (χ3n) is 4.85. The Balaban J connectivity index is 3.13. The Hall–Kier alpha value is -1.26. The van der Waals surface area contributed by atoms with E-state index in [1.54, 1.807) is 0 Å². The second kappa shape index (κ2) is 5.13. The van der Waals surface area contributed by atoms with Gasteiger partial charge in [0.15, 0.2) is 0 Å². The van der Waals surface area contributed by atoms with Crippen LogP contribution in [0.4, 0.5) is 79.0 Å². The van der Waals surface area contributed by atoms with Crippen molar-refractivity contribution in [3.8, 4) is 0 Å². The van der Waals surface area contributed by atoms with Crippen LogP contribution in [0.15, 0.2) is 0 Å². The molecule has 0 radical (unpaired) electrons. The summed E-state index contributed by atoms with van der Waals surface area (Å²) in [5.41, 5.74) is -7.90. The van der Waals surface area contributed by atoms with E-state index in [4.69, 9.17) is 0 Å². The first-order valence-corrected chi connectivity index (χ1v) is 6.64. The molecule has 18 heteroatoms. The van der Waals surface area contributed by atoms with E-state index in [9.17, 15) is 79.0 Å². The second-order valence-electron chi connectivity index (χ2n) is 6.33. The van der Waals surface area contributed by atoms with E-state index >= 15 is 0 Å². The van der Waals surface area contributed by atoms with Crippen molar-refractivity contribution in [2.24, 2.45) is 11.8 Å². The van der Waals surface area contributed by atoms with E-state index in [0.29, 0.717) is 0 Å². The lowest BCUT2D eigenvalue weighted by molar-refractivity contribution is -0.519. The van der Waals surface area contributed by atoms with Gasteiger partial charge in [-0.25, -0.2) is 4.39 Å². The van der Waals surface area contributed by atoms with Crippen molar-refractivity contribution < 1.29 is 79.0 Å². The van der Waals surface area contributed by atoms with Gasteiger partial charge in [0, 0.05) is 0 Å². The first-order valence-electron chi connectivity index (χ1n) is 6.64. The second-order valence-corrected chi connectivity index (χ2v) is 6.33. The number of alkyl halides is 18. The molecule has 2 saturated carbocycles. The van der Waals surface area contributed by atoms with E-state index < -0.39 is 65.1 Å². The molecule has 0 aromatic carbocycles. The fourth-order valence-electron chi connectivity index (χ4n) is 3.33. The average Bonchev–Trinajstić information content (AvgIpc) is 2.46. The number of fused-ring (bicyclic) bond motifs is 1. The van der Waals surface area contributed by atoms with Crippen LogP contribution < -0.4 is 0 Å². The maximum Gasteiger partial charge on any atom is 0.429 e. The quantitative estimate of drug-likeness (QED) is 0.379. The van der Waals surface area contributed by atoms with E-state index in [2.05, 4.69) is 0 Å². The van der Waals surface area contributed by atoms with Crippen molar-refractivity contribution in [1.29, 1.82) is 0 Å². The molecule has 0 N–H and O–H groups in total. The summed E-state index contributed by atoms with van der Waals surface area (Å²) in [7, 11) is 0. The van der Waals surface area contributed by atoms with Crippen molar-refractivity contribution >= 4 is 0 Å². The van der Waals surface area contributed by atoms with Crippen molar-refractivity contribution in [2.45, 2.75) is 53.3 Å². The predicted octanol–water partition coefficient (Wildman–Crippen LogP) is 5.96. The number of hydrogen-bond acceptors (Lipinski definition) is 0. The molecule has 29 heavy (non-hydrogen) atoms. The molecule has 0 spiro atoms. The van der Waals surface area contributed by atoms with Crippen molar-refractivity contribution in [3.63, 3.8) is 0 Å². The van der Waals surface area contributed by atoms with E-state index in [1.807, 2.05) is 0 Å². The largest absolute Gasteiger partial charge is 0.429 e. The summed E-state index contributed by atoms with van der Waals surface area (Å²) in [4.78, 5) is 0. The Bertz CT molecular complexity index is 691. The van der Waals surface area contributed by atoms with Gasteiger partial charge in [-0.15, -0.1) is 0 Å². The maximum absolute atomic E-state index is 14.2. The molecule has 0 saturated heterocycles. The van der Waals surface area contributed by atoms with Gasteiger partial charge in [-0.3, -0.25) is 0 Å². The SMILES string of the molecule is FC(F)(F)C1(F)C2C(C(F)(F)C(F)(F)C(F)(F)C2(F)F)C(F)(F)C(F)(F)C1(F)F. The number of hydrogen-bond donors (Lipinski definition) is 0. The van der Waals surface area contributed by atoms with E-state index in [-0.39, 0.29) is 0 Å². The first kappa shape index (κ1) is 24.0. The fourth-order valence-corrected chi connectivity index (χ4v) is 3.33. The van der Waals surface area contributed by atoms with Gasteiger partial charge in [-0.05, 0) is 0 Å². The van der Waals surface area contributed by atoms with Crippen LogP contribution in [-0.4, -0.2) is 53.3 Å². The van der Waals surface area contributed by atoms with Crippen LogP contribution in [0.25, 0.3) is 0 Å². The summed E-state index contributed by atoms with van der Waals surface area (Å²) in [6.07, 6.45) is -7.90. The van der Waals surface area contributed by atoms with Crippen LogP contribution in [0.1, 0.15) is 0 Å².